The van der Waals surface area contributed by atoms with Crippen molar-refractivity contribution in [2.24, 2.45) is 11.8 Å². The van der Waals surface area contributed by atoms with Gasteiger partial charge in [0.05, 0.1) is 12.2 Å². The molecule has 3 rings (SSSR count). The lowest BCUT2D eigenvalue weighted by Crippen LogP contribution is -2.55. The molecular formula is C37H53N5O6. The van der Waals surface area contributed by atoms with Gasteiger partial charge in [0.2, 0.25) is 23.6 Å². The van der Waals surface area contributed by atoms with Crippen LogP contribution in [0.1, 0.15) is 88.6 Å². The standard InChI is InChI=1S/C37H53N5O6/c1-25(2)22-30-36(46)38-20-12-5-6-13-21-48-32-17-11-10-16-28(32)34(44)41-29(35(45)39-24-26(3)4)18-19-33(43)40-31(37(47)42-30)23-27-14-8-7-9-15-27/h7-11,14-17,25-26,29-31H,5-6,12-13,18-24H2,1-4H3,(H,38,46)(H,39,45)(H,40,43)(H,41,44)(H,42,47)/t29-,30-,31-/m0/s1. The third kappa shape index (κ3) is 13.4. The Hall–Kier alpha value is -4.41. The first kappa shape index (κ1) is 38.0. The van der Waals surface area contributed by atoms with Gasteiger partial charge in [-0.1, -0.05) is 83.0 Å². The number of para-hydroxylation sites is 1. The van der Waals surface area contributed by atoms with Crippen molar-refractivity contribution in [3.8, 4) is 5.75 Å². The predicted octanol–water partition coefficient (Wildman–Crippen LogP) is 3.66. The molecule has 0 spiro atoms. The van der Waals surface area contributed by atoms with E-state index in [9.17, 15) is 24.0 Å². The Bertz CT molecular complexity index is 1350. The molecule has 5 N–H and O–H groups in total. The summed E-state index contributed by atoms with van der Waals surface area (Å²) in [6, 6.07) is 13.4. The van der Waals surface area contributed by atoms with Crippen LogP contribution in [0.25, 0.3) is 0 Å². The summed E-state index contributed by atoms with van der Waals surface area (Å²) in [4.78, 5) is 67.0. The van der Waals surface area contributed by atoms with Crippen molar-refractivity contribution >= 4 is 29.5 Å². The number of amides is 5. The lowest BCUT2D eigenvalue weighted by atomic mass is 10.0. The summed E-state index contributed by atoms with van der Waals surface area (Å²) in [5.41, 5.74) is 1.13. The van der Waals surface area contributed by atoms with E-state index in [0.717, 1.165) is 31.2 Å². The van der Waals surface area contributed by atoms with Gasteiger partial charge in [-0.2, -0.15) is 0 Å². The molecule has 0 radical (unpaired) electrons. The van der Waals surface area contributed by atoms with E-state index in [2.05, 4.69) is 26.6 Å². The second-order valence-corrected chi connectivity index (χ2v) is 13.3. The molecule has 0 unspecified atom stereocenters. The fraction of sp³-hybridized carbons (Fsp3) is 0.541. The topological polar surface area (TPSA) is 155 Å². The number of hydrogen-bond donors (Lipinski definition) is 5. The number of fused-ring (bicyclic) bond motifs is 1. The average molecular weight is 664 g/mol. The molecule has 2 aromatic carbocycles. The van der Waals surface area contributed by atoms with Crippen LogP contribution in [0.5, 0.6) is 5.75 Å². The molecule has 1 heterocycles. The lowest BCUT2D eigenvalue weighted by molar-refractivity contribution is -0.132. The Balaban J connectivity index is 1.87. The van der Waals surface area contributed by atoms with Gasteiger partial charge >= 0.3 is 0 Å². The fourth-order valence-electron chi connectivity index (χ4n) is 5.39. The van der Waals surface area contributed by atoms with Gasteiger partial charge in [-0.15, -0.1) is 0 Å². The van der Waals surface area contributed by atoms with Crippen molar-refractivity contribution in [1.29, 1.82) is 0 Å². The minimum atomic E-state index is -1.01. The molecule has 5 amide bonds. The number of carbonyl (C=O) groups excluding carboxylic acids is 5. The van der Waals surface area contributed by atoms with Crippen LogP contribution >= 0.6 is 0 Å². The maximum absolute atomic E-state index is 13.7. The highest BCUT2D eigenvalue weighted by Crippen LogP contribution is 2.19. The van der Waals surface area contributed by atoms with Gasteiger partial charge in [0.15, 0.2) is 0 Å². The van der Waals surface area contributed by atoms with Gasteiger partial charge in [0.25, 0.3) is 5.91 Å². The van der Waals surface area contributed by atoms with E-state index in [1.54, 1.807) is 24.3 Å². The van der Waals surface area contributed by atoms with Gasteiger partial charge < -0.3 is 31.3 Å². The van der Waals surface area contributed by atoms with Crippen LogP contribution < -0.4 is 31.3 Å². The van der Waals surface area contributed by atoms with Crippen LogP contribution in [0.15, 0.2) is 54.6 Å². The number of nitrogens with one attached hydrogen (secondary N) is 5. The van der Waals surface area contributed by atoms with Crippen LogP contribution in [0, 0.1) is 11.8 Å². The summed E-state index contributed by atoms with van der Waals surface area (Å²) in [5, 5.41) is 14.4. The first-order valence-electron chi connectivity index (χ1n) is 17.2. The zero-order valence-electron chi connectivity index (χ0n) is 28.8. The molecule has 0 saturated carbocycles. The van der Waals surface area contributed by atoms with Gasteiger partial charge in [0.1, 0.15) is 23.9 Å². The number of rotatable bonds is 7. The van der Waals surface area contributed by atoms with Crippen LogP contribution in [0.4, 0.5) is 0 Å². The molecule has 0 aliphatic carbocycles. The Morgan fingerprint density at radius 3 is 2.25 bits per heavy atom. The predicted molar refractivity (Wildman–Crippen MR) is 185 cm³/mol. The Morgan fingerprint density at radius 1 is 0.812 bits per heavy atom. The van der Waals surface area contributed by atoms with Crippen molar-refractivity contribution in [2.75, 3.05) is 19.7 Å². The Morgan fingerprint density at radius 2 is 1.52 bits per heavy atom. The van der Waals surface area contributed by atoms with Crippen molar-refractivity contribution in [3.05, 3.63) is 65.7 Å². The Kier molecular flexibility index (Phi) is 15.9. The molecule has 48 heavy (non-hydrogen) atoms. The molecule has 0 aromatic heterocycles. The Labute approximate surface area is 284 Å². The molecule has 262 valence electrons. The molecule has 2 aromatic rings. The van der Waals surface area contributed by atoms with E-state index in [1.807, 2.05) is 58.0 Å². The second-order valence-electron chi connectivity index (χ2n) is 13.3. The van der Waals surface area contributed by atoms with Gasteiger partial charge in [0, 0.05) is 25.9 Å². The van der Waals surface area contributed by atoms with Crippen LogP contribution in [0.2, 0.25) is 0 Å². The molecule has 1 aliphatic rings. The normalized spacial score (nSPS) is 20.9. The largest absolute Gasteiger partial charge is 0.493 e. The third-order valence-electron chi connectivity index (χ3n) is 8.00. The number of carbonyl (C=O) groups is 5. The molecule has 11 nitrogen and oxygen atoms in total. The first-order chi connectivity index (χ1) is 23.0. The van der Waals surface area contributed by atoms with E-state index in [-0.39, 0.29) is 37.0 Å². The highest BCUT2D eigenvalue weighted by Gasteiger charge is 2.29. The zero-order valence-corrected chi connectivity index (χ0v) is 28.8. The van der Waals surface area contributed by atoms with Crippen molar-refractivity contribution < 1.29 is 28.7 Å². The quantitative estimate of drug-likeness (QED) is 0.305. The van der Waals surface area contributed by atoms with Gasteiger partial charge in [-0.25, -0.2) is 0 Å². The molecule has 0 fully saturated rings. The van der Waals surface area contributed by atoms with Crippen LogP contribution in [-0.4, -0.2) is 67.4 Å². The highest BCUT2D eigenvalue weighted by molar-refractivity contribution is 6.00. The van der Waals surface area contributed by atoms with Crippen LogP contribution in [0.3, 0.4) is 0 Å². The molecule has 11 heteroatoms. The number of hydrogen-bond acceptors (Lipinski definition) is 6. The zero-order chi connectivity index (χ0) is 34.9. The lowest BCUT2D eigenvalue weighted by Gasteiger charge is -2.25. The molecule has 0 saturated heterocycles. The monoisotopic (exact) mass is 663 g/mol. The smallest absolute Gasteiger partial charge is 0.255 e. The van der Waals surface area contributed by atoms with E-state index < -0.39 is 41.8 Å². The summed E-state index contributed by atoms with van der Waals surface area (Å²) in [5.74, 6) is -1.33. The molecule has 3 atom stereocenters. The molecular weight excluding hydrogens is 610 g/mol. The van der Waals surface area contributed by atoms with E-state index in [4.69, 9.17) is 4.74 Å². The maximum Gasteiger partial charge on any atom is 0.255 e. The minimum Gasteiger partial charge on any atom is -0.493 e. The van der Waals surface area contributed by atoms with E-state index >= 15 is 0 Å². The highest BCUT2D eigenvalue weighted by atomic mass is 16.5. The van der Waals surface area contributed by atoms with Crippen LogP contribution in [-0.2, 0) is 25.6 Å². The van der Waals surface area contributed by atoms with Gasteiger partial charge in [-0.05, 0) is 55.2 Å². The summed E-state index contributed by atoms with van der Waals surface area (Å²) in [6.07, 6.45) is 3.78. The number of ether oxygens (including phenoxy) is 1. The molecule has 1 aliphatic heterocycles. The summed E-state index contributed by atoms with van der Waals surface area (Å²) in [6.45, 7) is 9.18. The summed E-state index contributed by atoms with van der Waals surface area (Å²) >= 11 is 0. The summed E-state index contributed by atoms with van der Waals surface area (Å²) < 4.78 is 5.97. The maximum atomic E-state index is 13.7. The fourth-order valence-corrected chi connectivity index (χ4v) is 5.39. The second kappa shape index (κ2) is 20.1. The minimum absolute atomic E-state index is 0.00256. The van der Waals surface area contributed by atoms with Crippen molar-refractivity contribution in [1.82, 2.24) is 26.6 Å². The van der Waals surface area contributed by atoms with E-state index in [1.165, 1.54) is 0 Å². The van der Waals surface area contributed by atoms with Crippen molar-refractivity contribution in [2.45, 2.75) is 97.2 Å². The number of benzene rings is 2. The summed E-state index contributed by atoms with van der Waals surface area (Å²) in [7, 11) is 0. The third-order valence-corrected chi connectivity index (χ3v) is 8.00. The van der Waals surface area contributed by atoms with Crippen molar-refractivity contribution in [3.63, 3.8) is 0 Å². The van der Waals surface area contributed by atoms with Gasteiger partial charge in [-0.3, -0.25) is 24.0 Å². The molecule has 0 bridgehead atoms. The van der Waals surface area contributed by atoms with E-state index in [0.29, 0.717) is 37.4 Å². The first-order valence-corrected chi connectivity index (χ1v) is 17.2. The SMILES string of the molecule is CC(C)CNC(=O)[C@@H]1CCC(=O)N[C@@H](Cc2ccccc2)C(=O)N[C@@H](CC(C)C)C(=O)NCCCCCCOc2ccccc2C(=O)N1. The average Bonchev–Trinajstić information content (AvgIpc) is 3.05.